The maximum atomic E-state index is 12.6. The van der Waals surface area contributed by atoms with Crippen LogP contribution in [0.25, 0.3) is 0 Å². The minimum atomic E-state index is -3.54. The van der Waals surface area contributed by atoms with Crippen molar-refractivity contribution in [2.75, 3.05) is 46.2 Å². The van der Waals surface area contributed by atoms with Crippen LogP contribution in [0, 0.1) is 0 Å². The van der Waals surface area contributed by atoms with Crippen molar-refractivity contribution in [3.05, 3.63) is 18.2 Å². The minimum absolute atomic E-state index is 0.0715. The fraction of sp³-hybridized carbons (Fsp3) is 0.533. The quantitative estimate of drug-likeness (QED) is 0.834. The van der Waals surface area contributed by atoms with Crippen molar-refractivity contribution in [2.24, 2.45) is 0 Å². The van der Waals surface area contributed by atoms with E-state index in [4.69, 9.17) is 4.74 Å². The summed E-state index contributed by atoms with van der Waals surface area (Å²) in [6, 6.07) is 4.77. The van der Waals surface area contributed by atoms with Crippen LogP contribution in [0.15, 0.2) is 23.1 Å². The molecule has 0 aromatic heterocycles. The van der Waals surface area contributed by atoms with E-state index in [9.17, 15) is 13.2 Å². The Balaban J connectivity index is 2.21. The van der Waals surface area contributed by atoms with Crippen molar-refractivity contribution < 1.29 is 17.9 Å². The standard InChI is InChI=1S/C15H23N3O4S/c1-17(2)15(19)11-16-12-6-7-14(13(10-12)22-3)23(20,21)18-8-4-5-9-18/h6-7,10,16H,4-5,8-9,11H2,1-3H3. The zero-order valence-corrected chi connectivity index (χ0v) is 14.5. The molecule has 1 aromatic rings. The molecule has 0 unspecified atom stereocenters. The average Bonchev–Trinajstić information content (AvgIpc) is 3.07. The Bertz CT molecular complexity index is 667. The van der Waals surface area contributed by atoms with Crippen molar-refractivity contribution in [1.82, 2.24) is 9.21 Å². The Morgan fingerprint density at radius 3 is 2.52 bits per heavy atom. The molecule has 0 aliphatic carbocycles. The second-order valence-corrected chi connectivity index (χ2v) is 7.52. The number of likely N-dealkylation sites (N-methyl/N-ethyl adjacent to an activating group) is 1. The molecule has 7 nitrogen and oxygen atoms in total. The van der Waals surface area contributed by atoms with Gasteiger partial charge in [-0.2, -0.15) is 4.31 Å². The zero-order valence-electron chi connectivity index (χ0n) is 13.7. The lowest BCUT2D eigenvalue weighted by atomic mass is 10.3. The first-order valence-corrected chi connectivity index (χ1v) is 8.92. The monoisotopic (exact) mass is 341 g/mol. The molecule has 23 heavy (non-hydrogen) atoms. The van der Waals surface area contributed by atoms with E-state index in [0.717, 1.165) is 12.8 Å². The fourth-order valence-electron chi connectivity index (χ4n) is 2.39. The van der Waals surface area contributed by atoms with Crippen LogP contribution < -0.4 is 10.1 Å². The van der Waals surface area contributed by atoms with E-state index in [-0.39, 0.29) is 23.1 Å². The molecule has 1 amide bonds. The summed E-state index contributed by atoms with van der Waals surface area (Å²) < 4.78 is 32.0. The van der Waals surface area contributed by atoms with Crippen molar-refractivity contribution in [1.29, 1.82) is 0 Å². The summed E-state index contributed by atoms with van der Waals surface area (Å²) >= 11 is 0. The molecule has 1 saturated heterocycles. The van der Waals surface area contributed by atoms with E-state index in [2.05, 4.69) is 5.32 Å². The van der Waals surface area contributed by atoms with Gasteiger partial charge in [0.15, 0.2) is 0 Å². The first-order valence-electron chi connectivity index (χ1n) is 7.48. The number of sulfonamides is 1. The highest BCUT2D eigenvalue weighted by molar-refractivity contribution is 7.89. The van der Waals surface area contributed by atoms with Gasteiger partial charge in [0.1, 0.15) is 10.6 Å². The van der Waals surface area contributed by atoms with Crippen LogP contribution >= 0.6 is 0 Å². The number of methoxy groups -OCH3 is 1. The number of carbonyl (C=O) groups is 1. The highest BCUT2D eigenvalue weighted by Crippen LogP contribution is 2.31. The van der Waals surface area contributed by atoms with Crippen molar-refractivity contribution in [2.45, 2.75) is 17.7 Å². The number of nitrogens with zero attached hydrogens (tertiary/aromatic N) is 2. The number of carbonyl (C=O) groups excluding carboxylic acids is 1. The van der Waals surface area contributed by atoms with Gasteiger partial charge in [-0.25, -0.2) is 8.42 Å². The van der Waals surface area contributed by atoms with E-state index >= 15 is 0 Å². The molecule has 0 spiro atoms. The third kappa shape index (κ3) is 3.94. The van der Waals surface area contributed by atoms with E-state index in [1.54, 1.807) is 26.2 Å². The van der Waals surface area contributed by atoms with Gasteiger partial charge in [-0.05, 0) is 25.0 Å². The van der Waals surface area contributed by atoms with E-state index < -0.39 is 10.0 Å². The molecule has 128 valence electrons. The molecule has 0 radical (unpaired) electrons. The number of benzene rings is 1. The van der Waals surface area contributed by atoms with Crippen LogP contribution in [0.3, 0.4) is 0 Å². The zero-order chi connectivity index (χ0) is 17.0. The Morgan fingerprint density at radius 2 is 1.96 bits per heavy atom. The first-order chi connectivity index (χ1) is 10.9. The molecular formula is C15H23N3O4S. The molecule has 1 N–H and O–H groups in total. The molecular weight excluding hydrogens is 318 g/mol. The maximum Gasteiger partial charge on any atom is 0.246 e. The van der Waals surface area contributed by atoms with Crippen LogP contribution in [0.2, 0.25) is 0 Å². The van der Waals surface area contributed by atoms with Crippen LogP contribution in [-0.4, -0.2) is 64.4 Å². The van der Waals surface area contributed by atoms with Gasteiger partial charge < -0.3 is 15.0 Å². The minimum Gasteiger partial charge on any atom is -0.495 e. The van der Waals surface area contributed by atoms with Crippen molar-refractivity contribution in [3.8, 4) is 5.75 Å². The predicted molar refractivity (Wildman–Crippen MR) is 88.2 cm³/mol. The smallest absolute Gasteiger partial charge is 0.246 e. The molecule has 0 atom stereocenters. The van der Waals surface area contributed by atoms with Gasteiger partial charge >= 0.3 is 0 Å². The van der Waals surface area contributed by atoms with Crippen LogP contribution in [-0.2, 0) is 14.8 Å². The van der Waals surface area contributed by atoms with Gasteiger partial charge in [-0.3, -0.25) is 4.79 Å². The molecule has 1 aliphatic heterocycles. The second-order valence-electron chi connectivity index (χ2n) is 5.62. The summed E-state index contributed by atoms with van der Waals surface area (Å²) in [4.78, 5) is 13.2. The van der Waals surface area contributed by atoms with Gasteiger partial charge in [0.25, 0.3) is 0 Å². The lowest BCUT2D eigenvalue weighted by Crippen LogP contribution is -2.29. The molecule has 1 heterocycles. The predicted octanol–water partition coefficient (Wildman–Crippen LogP) is 0.980. The summed E-state index contributed by atoms with van der Waals surface area (Å²) in [5.41, 5.74) is 0.637. The molecule has 8 heteroatoms. The normalized spacial score (nSPS) is 15.4. The summed E-state index contributed by atoms with van der Waals surface area (Å²) in [5.74, 6) is 0.205. The summed E-state index contributed by atoms with van der Waals surface area (Å²) in [6.45, 7) is 1.22. The largest absolute Gasteiger partial charge is 0.495 e. The number of hydrogen-bond donors (Lipinski definition) is 1. The van der Waals surface area contributed by atoms with Crippen LogP contribution in [0.4, 0.5) is 5.69 Å². The number of anilines is 1. The van der Waals surface area contributed by atoms with Gasteiger partial charge in [0, 0.05) is 38.9 Å². The lowest BCUT2D eigenvalue weighted by Gasteiger charge is -2.18. The molecule has 0 saturated carbocycles. The lowest BCUT2D eigenvalue weighted by molar-refractivity contribution is -0.126. The molecule has 1 fully saturated rings. The highest BCUT2D eigenvalue weighted by Gasteiger charge is 2.29. The third-order valence-corrected chi connectivity index (χ3v) is 5.73. The van der Waals surface area contributed by atoms with Crippen molar-refractivity contribution >= 4 is 21.6 Å². The highest BCUT2D eigenvalue weighted by atomic mass is 32.2. The number of nitrogens with one attached hydrogen (secondary N) is 1. The Labute approximate surface area is 137 Å². The second kappa shape index (κ2) is 7.18. The maximum absolute atomic E-state index is 12.6. The number of amides is 1. The first kappa shape index (κ1) is 17.6. The summed E-state index contributed by atoms with van der Waals surface area (Å²) in [5, 5.41) is 2.97. The topological polar surface area (TPSA) is 79.0 Å². The SMILES string of the molecule is COc1cc(NCC(=O)N(C)C)ccc1S(=O)(=O)N1CCCC1. The Morgan fingerprint density at radius 1 is 1.30 bits per heavy atom. The van der Waals surface area contributed by atoms with Gasteiger partial charge in [-0.15, -0.1) is 0 Å². The van der Waals surface area contributed by atoms with Gasteiger partial charge in [-0.1, -0.05) is 0 Å². The van der Waals surface area contributed by atoms with E-state index in [0.29, 0.717) is 18.8 Å². The molecule has 2 rings (SSSR count). The van der Waals surface area contributed by atoms with Gasteiger partial charge in [0.2, 0.25) is 15.9 Å². The molecule has 0 bridgehead atoms. The number of rotatable bonds is 6. The van der Waals surface area contributed by atoms with Crippen molar-refractivity contribution in [3.63, 3.8) is 0 Å². The van der Waals surface area contributed by atoms with E-state index in [1.807, 2.05) is 0 Å². The van der Waals surface area contributed by atoms with Gasteiger partial charge in [0.05, 0.1) is 13.7 Å². The number of hydrogen-bond acceptors (Lipinski definition) is 5. The third-order valence-electron chi connectivity index (χ3n) is 3.79. The molecule has 1 aliphatic rings. The number of ether oxygens (including phenoxy) is 1. The van der Waals surface area contributed by atoms with E-state index in [1.165, 1.54) is 22.4 Å². The van der Waals surface area contributed by atoms with Crippen LogP contribution in [0.5, 0.6) is 5.75 Å². The summed E-state index contributed by atoms with van der Waals surface area (Å²) in [7, 11) is 1.25. The average molecular weight is 341 g/mol. The Kier molecular flexibility index (Phi) is 5.48. The van der Waals surface area contributed by atoms with Crippen LogP contribution in [0.1, 0.15) is 12.8 Å². The summed E-state index contributed by atoms with van der Waals surface area (Å²) in [6.07, 6.45) is 1.77. The Hall–Kier alpha value is -1.80. The molecule has 1 aromatic carbocycles. The fourth-order valence-corrected chi connectivity index (χ4v) is 4.05.